The van der Waals surface area contributed by atoms with Gasteiger partial charge in [0.2, 0.25) is 5.88 Å². The van der Waals surface area contributed by atoms with Gasteiger partial charge in [-0.3, -0.25) is 0 Å². The van der Waals surface area contributed by atoms with Gasteiger partial charge in [0, 0.05) is 18.3 Å². The molecule has 0 aliphatic carbocycles. The first kappa shape index (κ1) is 14.3. The molecule has 2 aromatic rings. The van der Waals surface area contributed by atoms with Crippen molar-refractivity contribution in [1.29, 1.82) is 0 Å². The zero-order chi connectivity index (χ0) is 14.4. The van der Waals surface area contributed by atoms with Crippen LogP contribution in [0.3, 0.4) is 0 Å². The van der Waals surface area contributed by atoms with Crippen molar-refractivity contribution in [3.63, 3.8) is 0 Å². The largest absolute Gasteiger partial charge is 0.497 e. The number of hydrogen-bond acceptors (Lipinski definition) is 4. The fourth-order valence-corrected chi connectivity index (χ4v) is 1.80. The van der Waals surface area contributed by atoms with E-state index in [1.807, 2.05) is 42.6 Å². The second-order valence-electron chi connectivity index (χ2n) is 4.65. The lowest BCUT2D eigenvalue weighted by Crippen LogP contribution is -2.21. The molecule has 0 radical (unpaired) electrons. The number of rotatable bonds is 6. The Hall–Kier alpha value is -2.07. The normalized spacial score (nSPS) is 11.9. The molecule has 20 heavy (non-hydrogen) atoms. The third-order valence-corrected chi connectivity index (χ3v) is 3.10. The smallest absolute Gasteiger partial charge is 0.219 e. The van der Waals surface area contributed by atoms with Crippen LogP contribution in [0.2, 0.25) is 0 Å². The van der Waals surface area contributed by atoms with E-state index in [0.717, 1.165) is 29.9 Å². The van der Waals surface area contributed by atoms with Gasteiger partial charge in [-0.15, -0.1) is 0 Å². The molecule has 106 valence electrons. The molecule has 2 N–H and O–H groups in total. The molecule has 0 fully saturated rings. The van der Waals surface area contributed by atoms with Crippen LogP contribution in [-0.4, -0.2) is 18.1 Å². The summed E-state index contributed by atoms with van der Waals surface area (Å²) in [4.78, 5) is 4.29. The van der Waals surface area contributed by atoms with E-state index >= 15 is 0 Å². The number of ether oxygens (including phenoxy) is 2. The predicted octanol–water partition coefficient (Wildman–Crippen LogP) is 3.16. The van der Waals surface area contributed by atoms with Crippen molar-refractivity contribution in [3.05, 3.63) is 48.2 Å². The van der Waals surface area contributed by atoms with E-state index in [9.17, 15) is 0 Å². The topological polar surface area (TPSA) is 57.4 Å². The lowest BCUT2D eigenvalue weighted by atomic mass is 10.1. The molecule has 4 nitrogen and oxygen atoms in total. The standard InChI is InChI=1S/C16H20N2O2/c1-3-13(17)10-12-4-9-16(18-11-12)20-15-7-5-14(19-2)6-8-15/h4-9,11,13H,3,10,17H2,1-2H3. The van der Waals surface area contributed by atoms with Gasteiger partial charge in [0.15, 0.2) is 0 Å². The molecule has 1 aromatic carbocycles. The highest BCUT2D eigenvalue weighted by molar-refractivity contribution is 5.33. The minimum Gasteiger partial charge on any atom is -0.497 e. The third kappa shape index (κ3) is 3.96. The van der Waals surface area contributed by atoms with E-state index < -0.39 is 0 Å². The van der Waals surface area contributed by atoms with Crippen molar-refractivity contribution in [1.82, 2.24) is 4.98 Å². The molecular formula is C16H20N2O2. The highest BCUT2D eigenvalue weighted by Gasteiger charge is 2.03. The molecule has 1 unspecified atom stereocenters. The van der Waals surface area contributed by atoms with Crippen LogP contribution in [0, 0.1) is 0 Å². The highest BCUT2D eigenvalue weighted by atomic mass is 16.5. The average molecular weight is 272 g/mol. The van der Waals surface area contributed by atoms with Gasteiger partial charge >= 0.3 is 0 Å². The van der Waals surface area contributed by atoms with Gasteiger partial charge < -0.3 is 15.2 Å². The summed E-state index contributed by atoms with van der Waals surface area (Å²) in [5.41, 5.74) is 7.05. The maximum Gasteiger partial charge on any atom is 0.219 e. The minimum absolute atomic E-state index is 0.185. The Balaban J connectivity index is 1.99. The fourth-order valence-electron chi connectivity index (χ4n) is 1.80. The number of pyridine rings is 1. The summed E-state index contributed by atoms with van der Waals surface area (Å²) < 4.78 is 10.8. The average Bonchev–Trinajstić information content (AvgIpc) is 2.50. The molecule has 0 aliphatic rings. The summed E-state index contributed by atoms with van der Waals surface area (Å²) in [6, 6.07) is 11.4. The lowest BCUT2D eigenvalue weighted by molar-refractivity contribution is 0.412. The Morgan fingerprint density at radius 1 is 1.10 bits per heavy atom. The number of nitrogens with zero attached hydrogens (tertiary/aromatic N) is 1. The summed E-state index contributed by atoms with van der Waals surface area (Å²) in [6.45, 7) is 2.08. The molecule has 0 aliphatic heterocycles. The van der Waals surface area contributed by atoms with Crippen molar-refractivity contribution in [2.24, 2.45) is 5.73 Å². The molecule has 2 rings (SSSR count). The van der Waals surface area contributed by atoms with Crippen LogP contribution in [0.5, 0.6) is 17.4 Å². The van der Waals surface area contributed by atoms with E-state index in [4.69, 9.17) is 15.2 Å². The first-order chi connectivity index (χ1) is 9.71. The molecule has 1 atom stereocenters. The predicted molar refractivity (Wildman–Crippen MR) is 79.3 cm³/mol. The molecular weight excluding hydrogens is 252 g/mol. The van der Waals surface area contributed by atoms with Crippen LogP contribution < -0.4 is 15.2 Å². The van der Waals surface area contributed by atoms with E-state index in [-0.39, 0.29) is 6.04 Å². The number of benzene rings is 1. The first-order valence-electron chi connectivity index (χ1n) is 6.73. The van der Waals surface area contributed by atoms with Crippen LogP contribution in [-0.2, 0) is 6.42 Å². The molecule has 0 saturated heterocycles. The van der Waals surface area contributed by atoms with Crippen LogP contribution in [0.4, 0.5) is 0 Å². The summed E-state index contributed by atoms with van der Waals surface area (Å²) >= 11 is 0. The zero-order valence-corrected chi connectivity index (χ0v) is 11.9. The van der Waals surface area contributed by atoms with Gasteiger partial charge in [0.05, 0.1) is 7.11 Å². The highest BCUT2D eigenvalue weighted by Crippen LogP contribution is 2.22. The van der Waals surface area contributed by atoms with E-state index in [2.05, 4.69) is 11.9 Å². The van der Waals surface area contributed by atoms with Gasteiger partial charge in [0.1, 0.15) is 11.5 Å². The Morgan fingerprint density at radius 3 is 2.35 bits per heavy atom. The van der Waals surface area contributed by atoms with Gasteiger partial charge in [-0.2, -0.15) is 0 Å². The fraction of sp³-hybridized carbons (Fsp3) is 0.312. The summed E-state index contributed by atoms with van der Waals surface area (Å²) in [7, 11) is 1.64. The van der Waals surface area contributed by atoms with E-state index in [0.29, 0.717) is 5.88 Å². The second kappa shape index (κ2) is 6.91. The van der Waals surface area contributed by atoms with Crippen molar-refractivity contribution < 1.29 is 9.47 Å². The van der Waals surface area contributed by atoms with Crippen molar-refractivity contribution in [2.75, 3.05) is 7.11 Å². The summed E-state index contributed by atoms with van der Waals surface area (Å²) in [5, 5.41) is 0. The van der Waals surface area contributed by atoms with Crippen molar-refractivity contribution >= 4 is 0 Å². The number of methoxy groups -OCH3 is 1. The molecule has 0 bridgehead atoms. The van der Waals surface area contributed by atoms with Gasteiger partial charge in [-0.05, 0) is 42.7 Å². The molecule has 0 saturated carbocycles. The minimum atomic E-state index is 0.185. The third-order valence-electron chi connectivity index (χ3n) is 3.10. The Morgan fingerprint density at radius 2 is 1.80 bits per heavy atom. The maximum absolute atomic E-state index is 5.92. The molecule has 4 heteroatoms. The first-order valence-corrected chi connectivity index (χ1v) is 6.73. The van der Waals surface area contributed by atoms with Gasteiger partial charge in [-0.1, -0.05) is 13.0 Å². The van der Waals surface area contributed by atoms with E-state index in [1.54, 1.807) is 7.11 Å². The van der Waals surface area contributed by atoms with Gasteiger partial charge in [-0.25, -0.2) is 4.98 Å². The Kier molecular flexibility index (Phi) is 4.96. The Labute approximate surface area is 119 Å². The number of nitrogens with two attached hydrogens (primary N) is 1. The summed E-state index contributed by atoms with van der Waals surface area (Å²) in [6.07, 6.45) is 3.62. The monoisotopic (exact) mass is 272 g/mol. The number of hydrogen-bond donors (Lipinski definition) is 1. The zero-order valence-electron chi connectivity index (χ0n) is 11.9. The van der Waals surface area contributed by atoms with E-state index in [1.165, 1.54) is 0 Å². The summed E-state index contributed by atoms with van der Waals surface area (Å²) in [5.74, 6) is 2.11. The van der Waals surface area contributed by atoms with Crippen LogP contribution in [0.15, 0.2) is 42.6 Å². The van der Waals surface area contributed by atoms with Gasteiger partial charge in [0.25, 0.3) is 0 Å². The van der Waals surface area contributed by atoms with Crippen LogP contribution in [0.25, 0.3) is 0 Å². The molecule has 0 spiro atoms. The molecule has 0 amide bonds. The second-order valence-corrected chi connectivity index (χ2v) is 4.65. The Bertz CT molecular complexity index is 523. The van der Waals surface area contributed by atoms with Crippen LogP contribution in [0.1, 0.15) is 18.9 Å². The van der Waals surface area contributed by atoms with Crippen molar-refractivity contribution in [2.45, 2.75) is 25.8 Å². The SMILES string of the molecule is CCC(N)Cc1ccc(Oc2ccc(OC)cc2)nc1. The lowest BCUT2D eigenvalue weighted by Gasteiger charge is -2.09. The quantitative estimate of drug-likeness (QED) is 0.877. The maximum atomic E-state index is 5.92. The molecule has 1 heterocycles. The van der Waals surface area contributed by atoms with Crippen molar-refractivity contribution in [3.8, 4) is 17.4 Å². The molecule has 1 aromatic heterocycles. The number of aromatic nitrogens is 1. The van der Waals surface area contributed by atoms with Crippen LogP contribution >= 0.6 is 0 Å².